The number of hydrogen-bond acceptors (Lipinski definition) is 5. The van der Waals surface area contributed by atoms with Gasteiger partial charge in [-0.1, -0.05) is 24.1 Å². The van der Waals surface area contributed by atoms with Crippen LogP contribution in [0.4, 0.5) is 10.5 Å². The molecule has 0 aliphatic carbocycles. The molecule has 3 heterocycles. The van der Waals surface area contributed by atoms with Crippen molar-refractivity contribution < 1.29 is 14.3 Å². The van der Waals surface area contributed by atoms with Gasteiger partial charge in [-0.3, -0.25) is 4.79 Å². The van der Waals surface area contributed by atoms with Crippen LogP contribution in [-0.4, -0.2) is 47.6 Å². The Balaban J connectivity index is 1.41. The van der Waals surface area contributed by atoms with Crippen LogP contribution >= 0.6 is 11.3 Å². The number of piperidine rings is 1. The second-order valence-corrected chi connectivity index (χ2v) is 8.34. The summed E-state index contributed by atoms with van der Waals surface area (Å²) in [6.45, 7) is 3.27. The fourth-order valence-electron chi connectivity index (χ4n) is 4.08. The van der Waals surface area contributed by atoms with Crippen LogP contribution in [0.5, 0.6) is 0 Å². The Morgan fingerprint density at radius 2 is 2.07 bits per heavy atom. The molecule has 4 rings (SSSR count). The van der Waals surface area contributed by atoms with Crippen molar-refractivity contribution in [3.8, 4) is 12.3 Å². The van der Waals surface area contributed by atoms with E-state index in [0.29, 0.717) is 18.8 Å². The molecular formula is C22H23N3O3S. The zero-order valence-corrected chi connectivity index (χ0v) is 17.2. The fourth-order valence-corrected chi connectivity index (χ4v) is 5.04. The number of nitrogens with zero attached hydrogens (tertiary/aromatic N) is 3. The molecule has 0 spiro atoms. The first kappa shape index (κ1) is 19.5. The van der Waals surface area contributed by atoms with Crippen molar-refractivity contribution >= 4 is 29.0 Å². The van der Waals surface area contributed by atoms with E-state index in [-0.39, 0.29) is 30.6 Å². The van der Waals surface area contributed by atoms with Gasteiger partial charge in [0.05, 0.1) is 5.01 Å². The van der Waals surface area contributed by atoms with Gasteiger partial charge in [0.1, 0.15) is 5.69 Å². The van der Waals surface area contributed by atoms with Gasteiger partial charge in [-0.25, -0.2) is 9.78 Å². The summed E-state index contributed by atoms with van der Waals surface area (Å²) in [5.74, 6) is 2.51. The Bertz CT molecular complexity index is 956. The molecule has 0 saturated carbocycles. The summed E-state index contributed by atoms with van der Waals surface area (Å²) < 4.78 is 4.99. The van der Waals surface area contributed by atoms with Gasteiger partial charge in [-0.2, -0.15) is 0 Å². The van der Waals surface area contributed by atoms with Crippen molar-refractivity contribution in [2.24, 2.45) is 0 Å². The van der Waals surface area contributed by atoms with Crippen LogP contribution in [0.3, 0.4) is 0 Å². The van der Waals surface area contributed by atoms with Crippen molar-refractivity contribution in [1.29, 1.82) is 0 Å². The first-order valence-electron chi connectivity index (χ1n) is 9.80. The minimum Gasteiger partial charge on any atom is -0.436 e. The summed E-state index contributed by atoms with van der Waals surface area (Å²) in [6.07, 6.45) is 7.23. The van der Waals surface area contributed by atoms with Crippen LogP contribution in [0, 0.1) is 12.3 Å². The van der Waals surface area contributed by atoms with Crippen molar-refractivity contribution in [3.05, 3.63) is 45.9 Å². The zero-order valence-electron chi connectivity index (χ0n) is 16.3. The van der Waals surface area contributed by atoms with Gasteiger partial charge in [0.25, 0.3) is 5.91 Å². The second kappa shape index (κ2) is 8.26. The van der Waals surface area contributed by atoms with E-state index >= 15 is 0 Å². The first-order chi connectivity index (χ1) is 14.1. The molecule has 6 nitrogen and oxygen atoms in total. The molecule has 1 saturated heterocycles. The number of likely N-dealkylation sites (tertiary alicyclic amines) is 1. The molecule has 0 bridgehead atoms. The van der Waals surface area contributed by atoms with Gasteiger partial charge in [-0.15, -0.1) is 17.8 Å². The Morgan fingerprint density at radius 3 is 2.83 bits per heavy atom. The summed E-state index contributed by atoms with van der Waals surface area (Å²) in [5.41, 5.74) is 2.69. The third kappa shape index (κ3) is 3.85. The number of para-hydroxylation sites is 1. The number of fused-ring (bicyclic) bond motifs is 1. The molecule has 0 N–H and O–H groups in total. The topological polar surface area (TPSA) is 62.7 Å². The van der Waals surface area contributed by atoms with Gasteiger partial charge in [0.15, 0.2) is 6.61 Å². The zero-order chi connectivity index (χ0) is 20.4. The number of benzene rings is 1. The number of ether oxygens (including phenoxy) is 1. The number of carbonyl (C=O) groups is 2. The van der Waals surface area contributed by atoms with Crippen LogP contribution in [-0.2, 0) is 11.2 Å². The molecule has 2 aliphatic heterocycles. The average molecular weight is 410 g/mol. The number of carbonyl (C=O) groups excluding carboxylic acids is 2. The molecule has 2 amide bonds. The van der Waals surface area contributed by atoms with Crippen molar-refractivity contribution in [3.63, 3.8) is 0 Å². The van der Waals surface area contributed by atoms with E-state index < -0.39 is 0 Å². The highest BCUT2D eigenvalue weighted by atomic mass is 32.1. The van der Waals surface area contributed by atoms with Crippen molar-refractivity contribution in [2.45, 2.75) is 38.1 Å². The van der Waals surface area contributed by atoms with Crippen molar-refractivity contribution in [2.75, 3.05) is 24.6 Å². The summed E-state index contributed by atoms with van der Waals surface area (Å²) in [5, 5.41) is 2.82. The minimum absolute atomic E-state index is 0.00519. The maximum atomic E-state index is 13.1. The lowest BCUT2D eigenvalue weighted by Gasteiger charge is -2.30. The average Bonchev–Trinajstić information content (AvgIpc) is 3.36. The molecule has 1 fully saturated rings. The lowest BCUT2D eigenvalue weighted by atomic mass is 9.98. The van der Waals surface area contributed by atoms with Crippen LogP contribution < -0.4 is 4.90 Å². The molecule has 7 heteroatoms. The normalized spacial score (nSPS) is 19.0. The number of amides is 2. The SMILES string of the molecule is C#CCOC(=O)N1CCC(c2nc(C(=O)N3c4ccccc4CC3C)cs2)CC1. The Kier molecular flexibility index (Phi) is 5.54. The predicted molar refractivity (Wildman–Crippen MR) is 112 cm³/mol. The molecule has 2 aliphatic rings. The second-order valence-electron chi connectivity index (χ2n) is 7.45. The molecule has 1 aromatic heterocycles. The molecule has 29 heavy (non-hydrogen) atoms. The summed E-state index contributed by atoms with van der Waals surface area (Å²) >= 11 is 1.53. The molecule has 1 atom stereocenters. The highest BCUT2D eigenvalue weighted by Gasteiger charge is 2.33. The quantitative estimate of drug-likeness (QED) is 0.726. The Hall–Kier alpha value is -2.85. The van der Waals surface area contributed by atoms with Crippen LogP contribution in [0.15, 0.2) is 29.6 Å². The Morgan fingerprint density at radius 1 is 1.31 bits per heavy atom. The van der Waals surface area contributed by atoms with E-state index in [1.54, 1.807) is 4.90 Å². The summed E-state index contributed by atoms with van der Waals surface area (Å²) in [7, 11) is 0. The maximum absolute atomic E-state index is 13.1. The third-order valence-electron chi connectivity index (χ3n) is 5.55. The minimum atomic E-state index is -0.363. The lowest BCUT2D eigenvalue weighted by molar-refractivity contribution is 0.0977. The van der Waals surface area contributed by atoms with Gasteiger partial charge in [0.2, 0.25) is 0 Å². The summed E-state index contributed by atoms with van der Waals surface area (Å²) in [4.78, 5) is 33.3. The van der Waals surface area contributed by atoms with Gasteiger partial charge < -0.3 is 14.5 Å². The molecule has 2 aromatic rings. The van der Waals surface area contributed by atoms with E-state index in [0.717, 1.165) is 30.0 Å². The third-order valence-corrected chi connectivity index (χ3v) is 6.56. The van der Waals surface area contributed by atoms with Gasteiger partial charge in [-0.05, 0) is 37.8 Å². The van der Waals surface area contributed by atoms with E-state index in [2.05, 4.69) is 23.9 Å². The van der Waals surface area contributed by atoms with Gasteiger partial charge in [0, 0.05) is 36.1 Å². The monoisotopic (exact) mass is 409 g/mol. The first-order valence-corrected chi connectivity index (χ1v) is 10.7. The number of anilines is 1. The van der Waals surface area contributed by atoms with Crippen molar-refractivity contribution in [1.82, 2.24) is 9.88 Å². The predicted octanol–water partition coefficient (Wildman–Crippen LogP) is 3.68. The number of rotatable bonds is 3. The van der Waals surface area contributed by atoms with E-state index in [4.69, 9.17) is 11.2 Å². The molecule has 0 radical (unpaired) electrons. The Labute approximate surface area is 174 Å². The van der Waals surface area contributed by atoms with Crippen LogP contribution in [0.25, 0.3) is 0 Å². The standard InChI is InChI=1S/C22H23N3O3S/c1-3-12-28-22(27)24-10-8-16(9-11-24)20-23-18(14-29-20)21(26)25-15(2)13-17-6-4-5-7-19(17)25/h1,4-7,14-16H,8-13H2,2H3. The number of aromatic nitrogens is 1. The number of hydrogen-bond donors (Lipinski definition) is 0. The highest BCUT2D eigenvalue weighted by molar-refractivity contribution is 7.10. The van der Waals surface area contributed by atoms with Crippen LogP contribution in [0.2, 0.25) is 0 Å². The fraction of sp³-hybridized carbons (Fsp3) is 0.409. The highest BCUT2D eigenvalue weighted by Crippen LogP contribution is 2.35. The van der Waals surface area contributed by atoms with Crippen LogP contribution in [0.1, 0.15) is 46.7 Å². The molecule has 1 aromatic carbocycles. The van der Waals surface area contributed by atoms with Gasteiger partial charge >= 0.3 is 6.09 Å². The van der Waals surface area contributed by atoms with E-state index in [1.165, 1.54) is 16.9 Å². The largest absolute Gasteiger partial charge is 0.436 e. The molecule has 150 valence electrons. The number of terminal acetylenes is 1. The van der Waals surface area contributed by atoms with E-state index in [9.17, 15) is 9.59 Å². The lowest BCUT2D eigenvalue weighted by Crippen LogP contribution is -2.38. The van der Waals surface area contributed by atoms with E-state index in [1.807, 2.05) is 28.5 Å². The smallest absolute Gasteiger partial charge is 0.410 e. The summed E-state index contributed by atoms with van der Waals surface area (Å²) in [6, 6.07) is 8.18. The molecule has 1 unspecified atom stereocenters. The number of thiazole rings is 1. The molecular weight excluding hydrogens is 386 g/mol. The maximum Gasteiger partial charge on any atom is 0.410 e.